The first-order valence-corrected chi connectivity index (χ1v) is 9.16. The highest BCUT2D eigenvalue weighted by Crippen LogP contribution is 2.38. The van der Waals surface area contributed by atoms with Crippen LogP contribution in [0, 0.1) is 5.92 Å². The fourth-order valence-electron chi connectivity index (χ4n) is 3.43. The lowest BCUT2D eigenvalue weighted by Crippen LogP contribution is -2.49. The molecule has 7 heteroatoms. The minimum Gasteiger partial charge on any atom is -0.493 e. The molecule has 1 saturated carbocycles. The number of benzene rings is 1. The molecule has 142 valence electrons. The van der Waals surface area contributed by atoms with Crippen molar-refractivity contribution in [2.75, 3.05) is 33.9 Å². The van der Waals surface area contributed by atoms with Crippen LogP contribution in [-0.2, 0) is 11.2 Å². The Hall–Kier alpha value is -2.44. The number of nitrogens with zero attached hydrogens (tertiary/aromatic N) is 1. The second-order valence-corrected chi connectivity index (χ2v) is 6.72. The van der Waals surface area contributed by atoms with Gasteiger partial charge in [-0.15, -0.1) is 0 Å². The largest absolute Gasteiger partial charge is 0.493 e. The van der Waals surface area contributed by atoms with E-state index in [4.69, 9.17) is 9.47 Å². The maximum absolute atomic E-state index is 12.5. The average Bonchev–Trinajstić information content (AvgIpc) is 3.49. The first kappa shape index (κ1) is 18.4. The predicted octanol–water partition coefficient (Wildman–Crippen LogP) is 1.86. The van der Waals surface area contributed by atoms with Gasteiger partial charge >= 0.3 is 6.03 Å². The van der Waals surface area contributed by atoms with Gasteiger partial charge in [-0.3, -0.25) is 4.79 Å². The normalized spacial score (nSPS) is 18.7. The molecule has 3 rings (SSSR count). The third-order valence-electron chi connectivity index (χ3n) is 5.01. The molecule has 1 fully saturated rings. The summed E-state index contributed by atoms with van der Waals surface area (Å²) in [6, 6.07) is 3.55. The molecular formula is C19H27N3O4. The SMILES string of the molecule is CCNC(=O)N1CCc2cc(OC)c(OC)cc2C1CNC(=O)C1CC1. The van der Waals surface area contributed by atoms with Crippen LogP contribution in [0.25, 0.3) is 0 Å². The van der Waals surface area contributed by atoms with Gasteiger partial charge in [0.2, 0.25) is 5.91 Å². The number of fused-ring (bicyclic) bond motifs is 1. The molecule has 26 heavy (non-hydrogen) atoms. The molecule has 1 unspecified atom stereocenters. The van der Waals surface area contributed by atoms with E-state index in [1.807, 2.05) is 19.1 Å². The molecule has 1 aliphatic heterocycles. The second kappa shape index (κ2) is 7.85. The molecule has 0 aromatic heterocycles. The van der Waals surface area contributed by atoms with E-state index in [9.17, 15) is 9.59 Å². The van der Waals surface area contributed by atoms with Crippen molar-refractivity contribution in [2.24, 2.45) is 5.92 Å². The topological polar surface area (TPSA) is 79.9 Å². The van der Waals surface area contributed by atoms with Gasteiger partial charge in [-0.05, 0) is 49.4 Å². The molecule has 0 saturated heterocycles. The van der Waals surface area contributed by atoms with Crippen LogP contribution in [0.2, 0.25) is 0 Å². The van der Waals surface area contributed by atoms with Gasteiger partial charge in [0.15, 0.2) is 11.5 Å². The van der Waals surface area contributed by atoms with Crippen molar-refractivity contribution in [3.8, 4) is 11.5 Å². The zero-order valence-electron chi connectivity index (χ0n) is 15.6. The molecule has 1 aromatic rings. The molecule has 7 nitrogen and oxygen atoms in total. The van der Waals surface area contributed by atoms with E-state index in [0.29, 0.717) is 31.1 Å². The maximum atomic E-state index is 12.5. The van der Waals surface area contributed by atoms with Crippen LogP contribution in [0.1, 0.15) is 36.9 Å². The highest BCUT2D eigenvalue weighted by Gasteiger charge is 2.34. The summed E-state index contributed by atoms with van der Waals surface area (Å²) in [5, 5.41) is 5.88. The summed E-state index contributed by atoms with van der Waals surface area (Å²) in [6.45, 7) is 3.45. The second-order valence-electron chi connectivity index (χ2n) is 6.72. The van der Waals surface area contributed by atoms with Crippen LogP contribution in [0.5, 0.6) is 11.5 Å². The number of rotatable bonds is 6. The third kappa shape index (κ3) is 3.71. The third-order valence-corrected chi connectivity index (χ3v) is 5.01. The van der Waals surface area contributed by atoms with E-state index < -0.39 is 0 Å². The van der Waals surface area contributed by atoms with Gasteiger partial charge in [-0.2, -0.15) is 0 Å². The Balaban J connectivity index is 1.89. The lowest BCUT2D eigenvalue weighted by atomic mass is 9.91. The number of hydrogen-bond donors (Lipinski definition) is 2. The van der Waals surface area contributed by atoms with Gasteiger partial charge in [0.05, 0.1) is 20.3 Å². The monoisotopic (exact) mass is 361 g/mol. The number of hydrogen-bond acceptors (Lipinski definition) is 4. The average molecular weight is 361 g/mol. The molecule has 1 aromatic carbocycles. The molecular weight excluding hydrogens is 334 g/mol. The molecule has 2 aliphatic rings. The van der Waals surface area contributed by atoms with Gasteiger partial charge in [0.1, 0.15) is 0 Å². The summed E-state index contributed by atoms with van der Waals surface area (Å²) in [4.78, 5) is 26.4. The smallest absolute Gasteiger partial charge is 0.317 e. The number of urea groups is 1. The van der Waals surface area contributed by atoms with Crippen LogP contribution in [0.4, 0.5) is 4.79 Å². The molecule has 1 atom stereocenters. The molecule has 0 bridgehead atoms. The minimum atomic E-state index is -0.229. The Morgan fingerprint density at radius 2 is 1.85 bits per heavy atom. The number of ether oxygens (including phenoxy) is 2. The molecule has 1 heterocycles. The fourth-order valence-corrected chi connectivity index (χ4v) is 3.43. The van der Waals surface area contributed by atoms with Crippen LogP contribution in [0.3, 0.4) is 0 Å². The molecule has 0 radical (unpaired) electrons. The zero-order valence-corrected chi connectivity index (χ0v) is 15.6. The van der Waals surface area contributed by atoms with Gasteiger partial charge in [0, 0.05) is 25.6 Å². The Kier molecular flexibility index (Phi) is 5.54. The lowest BCUT2D eigenvalue weighted by molar-refractivity contribution is -0.122. The standard InChI is InChI=1S/C19H27N3O4/c1-4-20-19(24)22-8-7-13-9-16(25-2)17(26-3)10-14(13)15(22)11-21-18(23)12-5-6-12/h9-10,12,15H,4-8,11H2,1-3H3,(H,20,24)(H,21,23). The van der Waals surface area contributed by atoms with E-state index in [0.717, 1.165) is 30.4 Å². The fraction of sp³-hybridized carbons (Fsp3) is 0.579. The van der Waals surface area contributed by atoms with E-state index in [1.54, 1.807) is 19.1 Å². The summed E-state index contributed by atoms with van der Waals surface area (Å²) < 4.78 is 10.8. The van der Waals surface area contributed by atoms with E-state index in [-0.39, 0.29) is 23.9 Å². The Labute approximate surface area is 154 Å². The van der Waals surface area contributed by atoms with Gasteiger partial charge in [-0.1, -0.05) is 0 Å². The molecule has 2 N–H and O–H groups in total. The van der Waals surface area contributed by atoms with Crippen molar-refractivity contribution in [3.63, 3.8) is 0 Å². The number of methoxy groups -OCH3 is 2. The van der Waals surface area contributed by atoms with Crippen molar-refractivity contribution in [1.82, 2.24) is 15.5 Å². The van der Waals surface area contributed by atoms with Crippen LogP contribution in [-0.4, -0.2) is 50.7 Å². The van der Waals surface area contributed by atoms with Gasteiger partial charge < -0.3 is 25.0 Å². The van der Waals surface area contributed by atoms with Crippen LogP contribution in [0.15, 0.2) is 12.1 Å². The van der Waals surface area contributed by atoms with Crippen molar-refractivity contribution >= 4 is 11.9 Å². The Bertz CT molecular complexity index is 688. The number of nitrogens with one attached hydrogen (secondary N) is 2. The quantitative estimate of drug-likeness (QED) is 0.811. The summed E-state index contributed by atoms with van der Waals surface area (Å²) in [6.07, 6.45) is 2.65. The van der Waals surface area contributed by atoms with Gasteiger partial charge in [0.25, 0.3) is 0 Å². The highest BCUT2D eigenvalue weighted by molar-refractivity contribution is 5.81. The van der Waals surface area contributed by atoms with E-state index in [1.165, 1.54) is 0 Å². The zero-order chi connectivity index (χ0) is 18.7. The molecule has 3 amide bonds. The van der Waals surface area contributed by atoms with Crippen LogP contribution < -0.4 is 20.1 Å². The Morgan fingerprint density at radius 3 is 2.46 bits per heavy atom. The number of carbonyl (C=O) groups excluding carboxylic acids is 2. The van der Waals surface area contributed by atoms with Crippen molar-refractivity contribution in [1.29, 1.82) is 0 Å². The number of carbonyl (C=O) groups is 2. The van der Waals surface area contributed by atoms with E-state index in [2.05, 4.69) is 10.6 Å². The van der Waals surface area contributed by atoms with Crippen molar-refractivity contribution < 1.29 is 19.1 Å². The van der Waals surface area contributed by atoms with Crippen molar-refractivity contribution in [3.05, 3.63) is 23.3 Å². The maximum Gasteiger partial charge on any atom is 0.317 e. The summed E-state index contributed by atoms with van der Waals surface area (Å²) in [5.74, 6) is 1.52. The molecule has 1 aliphatic carbocycles. The summed E-state index contributed by atoms with van der Waals surface area (Å²) >= 11 is 0. The first-order valence-electron chi connectivity index (χ1n) is 9.16. The minimum absolute atomic E-state index is 0.0773. The summed E-state index contributed by atoms with van der Waals surface area (Å²) in [7, 11) is 3.21. The van der Waals surface area contributed by atoms with Crippen molar-refractivity contribution in [2.45, 2.75) is 32.2 Å². The Morgan fingerprint density at radius 1 is 1.15 bits per heavy atom. The summed E-state index contributed by atoms with van der Waals surface area (Å²) in [5.41, 5.74) is 2.12. The number of amides is 3. The highest BCUT2D eigenvalue weighted by atomic mass is 16.5. The predicted molar refractivity (Wildman–Crippen MR) is 97.5 cm³/mol. The lowest BCUT2D eigenvalue weighted by Gasteiger charge is -2.37. The van der Waals surface area contributed by atoms with Crippen LogP contribution >= 0.6 is 0 Å². The van der Waals surface area contributed by atoms with E-state index >= 15 is 0 Å². The first-order chi connectivity index (χ1) is 12.6. The molecule has 0 spiro atoms. The van der Waals surface area contributed by atoms with Gasteiger partial charge in [-0.25, -0.2) is 4.79 Å².